The van der Waals surface area contributed by atoms with E-state index >= 15 is 0 Å². The molecule has 1 amide bonds. The van der Waals surface area contributed by atoms with E-state index in [0.29, 0.717) is 45.4 Å². The molecule has 0 fully saturated rings. The van der Waals surface area contributed by atoms with Crippen molar-refractivity contribution in [2.75, 3.05) is 32.6 Å². The summed E-state index contributed by atoms with van der Waals surface area (Å²) in [6, 6.07) is 32.6. The van der Waals surface area contributed by atoms with Gasteiger partial charge in [0.05, 0.1) is 30.8 Å². The second-order valence-electron chi connectivity index (χ2n) is 12.0. The van der Waals surface area contributed by atoms with Crippen LogP contribution in [0.3, 0.4) is 0 Å². The van der Waals surface area contributed by atoms with Gasteiger partial charge in [0.15, 0.2) is 16.9 Å². The number of aromatic amines is 1. The molecule has 8 heteroatoms. The second kappa shape index (κ2) is 13.6. The van der Waals surface area contributed by atoms with Gasteiger partial charge in [-0.25, -0.2) is 0 Å². The van der Waals surface area contributed by atoms with Crippen LogP contribution in [0.15, 0.2) is 108 Å². The van der Waals surface area contributed by atoms with Gasteiger partial charge in [-0.1, -0.05) is 54.6 Å². The first-order chi connectivity index (χ1) is 23.5. The zero-order chi connectivity index (χ0) is 33.0. The molecular formula is C40H37N3O5. The minimum atomic E-state index is -0.301. The average Bonchev–Trinajstić information content (AvgIpc) is 3.13. The summed E-state index contributed by atoms with van der Waals surface area (Å²) >= 11 is 0. The van der Waals surface area contributed by atoms with E-state index in [4.69, 9.17) is 14.2 Å². The lowest BCUT2D eigenvalue weighted by atomic mass is 9.98. The number of nitrogens with one attached hydrogen (secondary N) is 2. The fourth-order valence-electron chi connectivity index (χ4n) is 6.41. The van der Waals surface area contributed by atoms with Crippen molar-refractivity contribution in [2.24, 2.45) is 0 Å². The third-order valence-corrected chi connectivity index (χ3v) is 9.04. The number of H-pyrrole nitrogens is 1. The first-order valence-corrected chi connectivity index (χ1v) is 16.1. The summed E-state index contributed by atoms with van der Waals surface area (Å²) < 4.78 is 17.1. The topological polar surface area (TPSA) is 92.9 Å². The Morgan fingerprint density at radius 2 is 1.48 bits per heavy atom. The van der Waals surface area contributed by atoms with Crippen LogP contribution < -0.4 is 25.0 Å². The van der Waals surface area contributed by atoms with Crippen molar-refractivity contribution in [1.29, 1.82) is 0 Å². The number of fused-ring (bicyclic) bond motifs is 3. The van der Waals surface area contributed by atoms with Crippen molar-refractivity contribution >= 4 is 33.4 Å². The number of anilines is 1. The van der Waals surface area contributed by atoms with Gasteiger partial charge in [0.25, 0.3) is 5.91 Å². The summed E-state index contributed by atoms with van der Waals surface area (Å²) in [5.74, 6) is 1.79. The van der Waals surface area contributed by atoms with Crippen LogP contribution in [0.2, 0.25) is 0 Å². The van der Waals surface area contributed by atoms with Gasteiger partial charge in [-0.05, 0) is 83.6 Å². The van der Waals surface area contributed by atoms with Crippen LogP contribution in [-0.2, 0) is 26.0 Å². The van der Waals surface area contributed by atoms with E-state index in [2.05, 4.69) is 39.5 Å². The Balaban J connectivity index is 1.04. The molecule has 2 N–H and O–H groups in total. The van der Waals surface area contributed by atoms with Crippen molar-refractivity contribution < 1.29 is 19.0 Å². The van der Waals surface area contributed by atoms with E-state index in [1.807, 2.05) is 54.6 Å². The lowest BCUT2D eigenvalue weighted by Gasteiger charge is -2.29. The number of amides is 1. The molecule has 0 aliphatic carbocycles. The first kappa shape index (κ1) is 31.0. The number of carbonyl (C=O) groups excluding carboxylic acids is 1. The number of pyridine rings is 1. The highest BCUT2D eigenvalue weighted by molar-refractivity contribution is 6.13. The third kappa shape index (κ3) is 6.35. The molecule has 6 aromatic rings. The minimum Gasteiger partial charge on any atom is -0.493 e. The van der Waals surface area contributed by atoms with E-state index in [9.17, 15) is 9.59 Å². The van der Waals surface area contributed by atoms with Gasteiger partial charge < -0.3 is 24.5 Å². The first-order valence-electron chi connectivity index (χ1n) is 16.1. The van der Waals surface area contributed by atoms with E-state index in [1.165, 1.54) is 16.7 Å². The van der Waals surface area contributed by atoms with Crippen LogP contribution in [0.4, 0.5) is 5.69 Å². The Morgan fingerprint density at radius 3 is 2.23 bits per heavy atom. The average molecular weight is 640 g/mol. The molecule has 0 radical (unpaired) electrons. The second-order valence-corrected chi connectivity index (χ2v) is 12.0. The largest absolute Gasteiger partial charge is 0.493 e. The molecule has 2 heterocycles. The van der Waals surface area contributed by atoms with Gasteiger partial charge in [0.2, 0.25) is 0 Å². The predicted octanol–water partition coefficient (Wildman–Crippen LogP) is 7.13. The maximum atomic E-state index is 13.6. The van der Waals surface area contributed by atoms with Crippen LogP contribution in [-0.4, -0.2) is 43.1 Å². The molecule has 0 bridgehead atoms. The smallest absolute Gasteiger partial charge is 0.257 e. The van der Waals surface area contributed by atoms with E-state index in [-0.39, 0.29) is 11.3 Å². The Kier molecular flexibility index (Phi) is 8.81. The van der Waals surface area contributed by atoms with E-state index < -0.39 is 0 Å². The van der Waals surface area contributed by atoms with Crippen molar-refractivity contribution in [3.05, 3.63) is 141 Å². The Labute approximate surface area is 278 Å². The molecule has 0 spiro atoms. The van der Waals surface area contributed by atoms with Crippen molar-refractivity contribution in [3.8, 4) is 17.2 Å². The maximum Gasteiger partial charge on any atom is 0.257 e. The van der Waals surface area contributed by atoms with Crippen LogP contribution in [0.25, 0.3) is 21.8 Å². The fraction of sp³-hybridized carbons (Fsp3) is 0.200. The monoisotopic (exact) mass is 639 g/mol. The standard InChI is InChI=1S/C40H37N3O5/c1-46-35-22-28-19-21-43(24-29(28)23-36(35)47-2)20-18-26-14-16-30(17-15-26)41-40(45)33-12-6-10-31-37(33)42-38-32(39(31)44)11-7-13-34(38)48-25-27-8-4-3-5-9-27/h3-17,22-23H,18-21,24-25H2,1-2H3,(H,41,45)(H,42,44). The van der Waals surface area contributed by atoms with E-state index in [0.717, 1.165) is 49.5 Å². The number of aromatic nitrogens is 1. The number of para-hydroxylation sites is 2. The highest BCUT2D eigenvalue weighted by Gasteiger charge is 2.20. The summed E-state index contributed by atoms with van der Waals surface area (Å²) in [7, 11) is 3.34. The van der Waals surface area contributed by atoms with Gasteiger partial charge in [-0.3, -0.25) is 14.5 Å². The maximum absolute atomic E-state index is 13.6. The number of nitrogens with zero attached hydrogens (tertiary/aromatic N) is 1. The van der Waals surface area contributed by atoms with Crippen LogP contribution in [0, 0.1) is 0 Å². The molecule has 7 rings (SSSR count). The number of hydrogen-bond donors (Lipinski definition) is 2. The SMILES string of the molecule is COc1cc2c(cc1OC)CN(CCc1ccc(NC(=O)c3cccc4c(=O)c5cccc(OCc6ccccc6)c5[nH]c34)cc1)CC2. The molecule has 0 saturated carbocycles. The molecule has 1 aliphatic rings. The zero-order valence-electron chi connectivity index (χ0n) is 27.0. The zero-order valence-corrected chi connectivity index (χ0v) is 27.0. The number of rotatable bonds is 10. The summed E-state index contributed by atoms with van der Waals surface area (Å²) in [6.45, 7) is 3.13. The number of ether oxygens (including phenoxy) is 3. The molecule has 242 valence electrons. The van der Waals surface area contributed by atoms with Gasteiger partial charge in [-0.2, -0.15) is 0 Å². The molecule has 8 nitrogen and oxygen atoms in total. The van der Waals surface area contributed by atoms with Crippen LogP contribution in [0.5, 0.6) is 17.2 Å². The summed E-state index contributed by atoms with van der Waals surface area (Å²) in [6.07, 6.45) is 1.86. The highest BCUT2D eigenvalue weighted by Crippen LogP contribution is 2.33. The Morgan fingerprint density at radius 1 is 0.771 bits per heavy atom. The lowest BCUT2D eigenvalue weighted by molar-refractivity contribution is 0.102. The quantitative estimate of drug-likeness (QED) is 0.155. The third-order valence-electron chi connectivity index (χ3n) is 9.04. The minimum absolute atomic E-state index is 0.154. The van der Waals surface area contributed by atoms with Gasteiger partial charge in [-0.15, -0.1) is 0 Å². The highest BCUT2D eigenvalue weighted by atomic mass is 16.5. The number of hydrogen-bond acceptors (Lipinski definition) is 6. The van der Waals surface area contributed by atoms with Gasteiger partial charge >= 0.3 is 0 Å². The van der Waals surface area contributed by atoms with Crippen molar-refractivity contribution in [1.82, 2.24) is 9.88 Å². The molecular weight excluding hydrogens is 602 g/mol. The number of benzene rings is 5. The fourth-order valence-corrected chi connectivity index (χ4v) is 6.41. The predicted molar refractivity (Wildman–Crippen MR) is 189 cm³/mol. The van der Waals surface area contributed by atoms with Crippen molar-refractivity contribution in [2.45, 2.75) is 26.0 Å². The van der Waals surface area contributed by atoms with Gasteiger partial charge in [0, 0.05) is 36.1 Å². The van der Waals surface area contributed by atoms with Crippen molar-refractivity contribution in [3.63, 3.8) is 0 Å². The molecule has 0 unspecified atom stereocenters. The van der Waals surface area contributed by atoms with Crippen LogP contribution in [0.1, 0.15) is 32.6 Å². The Hall–Kier alpha value is -5.60. The van der Waals surface area contributed by atoms with Crippen LogP contribution >= 0.6 is 0 Å². The molecule has 0 saturated heterocycles. The molecule has 1 aromatic heterocycles. The summed E-state index contributed by atoms with van der Waals surface area (Å²) in [4.78, 5) is 33.0. The molecule has 1 aliphatic heterocycles. The van der Waals surface area contributed by atoms with Gasteiger partial charge in [0.1, 0.15) is 12.4 Å². The summed E-state index contributed by atoms with van der Waals surface area (Å²) in [5, 5.41) is 3.98. The number of methoxy groups -OCH3 is 2. The molecule has 0 atom stereocenters. The number of carbonyl (C=O) groups is 1. The summed E-state index contributed by atoms with van der Waals surface area (Å²) in [5.41, 5.74) is 6.74. The van der Waals surface area contributed by atoms with E-state index in [1.54, 1.807) is 38.5 Å². The normalized spacial score (nSPS) is 12.9. The molecule has 5 aromatic carbocycles. The lowest BCUT2D eigenvalue weighted by Crippen LogP contribution is -2.32. The Bertz CT molecular complexity index is 2160. The molecule has 48 heavy (non-hydrogen) atoms.